The van der Waals surface area contributed by atoms with Crippen molar-refractivity contribution in [2.24, 2.45) is 5.92 Å². The molecule has 1 aromatic carbocycles. The lowest BCUT2D eigenvalue weighted by Gasteiger charge is -2.05. The summed E-state index contributed by atoms with van der Waals surface area (Å²) in [6, 6.07) is 6.32. The number of nitrogens with zero attached hydrogens (tertiary/aromatic N) is 2. The number of Topliss-reactive ketones (excluding diaryl/α,β-unsaturated/α-hetero) is 1. The number of carbonyl (C=O) groups is 2. The van der Waals surface area contributed by atoms with E-state index in [-0.39, 0.29) is 11.3 Å². The lowest BCUT2D eigenvalue weighted by Crippen LogP contribution is -2.24. The van der Waals surface area contributed by atoms with Gasteiger partial charge in [0.05, 0.1) is 18.1 Å². The van der Waals surface area contributed by atoms with Crippen LogP contribution >= 0.6 is 0 Å². The number of nitriles is 1. The SMILES string of the molecule is COC(=O)[C@@H](C#N)C(=O)c1cccc([N+](=O)[O-])c1. The number of methoxy groups -OCH3 is 1. The fourth-order valence-electron chi connectivity index (χ4n) is 1.28. The Balaban J connectivity index is 3.11. The molecule has 0 saturated heterocycles. The topological polar surface area (TPSA) is 110 Å². The summed E-state index contributed by atoms with van der Waals surface area (Å²) in [6.45, 7) is 0. The van der Waals surface area contributed by atoms with Gasteiger partial charge in [-0.2, -0.15) is 5.26 Å². The second-order valence-corrected chi connectivity index (χ2v) is 3.26. The number of hydrogen-bond acceptors (Lipinski definition) is 6. The normalized spacial score (nSPS) is 11.1. The summed E-state index contributed by atoms with van der Waals surface area (Å²) in [7, 11) is 1.05. The second-order valence-electron chi connectivity index (χ2n) is 3.26. The van der Waals surface area contributed by atoms with Crippen molar-refractivity contribution in [2.75, 3.05) is 7.11 Å². The lowest BCUT2D eigenvalue weighted by molar-refractivity contribution is -0.384. The first-order valence-corrected chi connectivity index (χ1v) is 4.77. The van der Waals surface area contributed by atoms with E-state index in [1.807, 2.05) is 0 Å². The molecule has 0 aromatic heterocycles. The highest BCUT2D eigenvalue weighted by atomic mass is 16.6. The van der Waals surface area contributed by atoms with Gasteiger partial charge in [0.1, 0.15) is 0 Å². The third-order valence-corrected chi connectivity index (χ3v) is 2.17. The van der Waals surface area contributed by atoms with Crippen LogP contribution in [0.15, 0.2) is 24.3 Å². The van der Waals surface area contributed by atoms with Gasteiger partial charge in [-0.25, -0.2) is 0 Å². The van der Waals surface area contributed by atoms with E-state index in [9.17, 15) is 19.7 Å². The molecule has 0 bridgehead atoms. The molecule has 0 N–H and O–H groups in total. The fourth-order valence-corrected chi connectivity index (χ4v) is 1.28. The van der Waals surface area contributed by atoms with Crippen molar-refractivity contribution in [3.8, 4) is 6.07 Å². The molecule has 0 unspecified atom stereocenters. The van der Waals surface area contributed by atoms with Crippen molar-refractivity contribution >= 4 is 17.4 Å². The molecule has 92 valence electrons. The third-order valence-electron chi connectivity index (χ3n) is 2.17. The van der Waals surface area contributed by atoms with E-state index in [0.29, 0.717) is 0 Å². The molecule has 0 aliphatic rings. The summed E-state index contributed by atoms with van der Waals surface area (Å²) in [6.07, 6.45) is 0. The fraction of sp³-hybridized carbons (Fsp3) is 0.182. The lowest BCUT2D eigenvalue weighted by atomic mass is 9.99. The number of ketones is 1. The standard InChI is InChI=1S/C11H8N2O5/c1-18-11(15)9(6-12)10(14)7-3-2-4-8(5-7)13(16)17/h2-5,9H,1H3/t9-/m0/s1. The van der Waals surface area contributed by atoms with Crippen LogP contribution in [0.5, 0.6) is 0 Å². The quantitative estimate of drug-likeness (QED) is 0.259. The predicted octanol–water partition coefficient (Wildman–Crippen LogP) is 1.09. The Morgan fingerprint density at radius 2 is 2.17 bits per heavy atom. The molecule has 1 rings (SSSR count). The van der Waals surface area contributed by atoms with Gasteiger partial charge in [0.25, 0.3) is 5.69 Å². The van der Waals surface area contributed by atoms with Crippen molar-refractivity contribution in [3.63, 3.8) is 0 Å². The zero-order valence-corrected chi connectivity index (χ0v) is 9.32. The molecule has 0 fully saturated rings. The molecule has 0 aliphatic heterocycles. The molecule has 7 heteroatoms. The first-order chi connectivity index (χ1) is 8.51. The molecule has 0 spiro atoms. The highest BCUT2D eigenvalue weighted by molar-refractivity contribution is 6.10. The van der Waals surface area contributed by atoms with E-state index < -0.39 is 22.6 Å². The van der Waals surface area contributed by atoms with Crippen molar-refractivity contribution in [2.45, 2.75) is 0 Å². The zero-order valence-electron chi connectivity index (χ0n) is 9.32. The molecule has 1 atom stereocenters. The van der Waals surface area contributed by atoms with Crippen LogP contribution in [-0.2, 0) is 9.53 Å². The van der Waals surface area contributed by atoms with Crippen molar-refractivity contribution in [1.82, 2.24) is 0 Å². The molecule has 0 saturated carbocycles. The van der Waals surface area contributed by atoms with Crippen LogP contribution in [0.25, 0.3) is 0 Å². The van der Waals surface area contributed by atoms with E-state index in [1.54, 1.807) is 0 Å². The molecule has 0 aliphatic carbocycles. The first kappa shape index (κ1) is 13.3. The van der Waals surface area contributed by atoms with Crippen LogP contribution in [0, 0.1) is 27.4 Å². The second kappa shape index (κ2) is 5.54. The minimum Gasteiger partial charge on any atom is -0.468 e. The Labute approximate surface area is 102 Å². The van der Waals surface area contributed by atoms with Gasteiger partial charge < -0.3 is 4.74 Å². The van der Waals surface area contributed by atoms with Crippen LogP contribution in [0.1, 0.15) is 10.4 Å². The van der Waals surface area contributed by atoms with Gasteiger partial charge in [-0.15, -0.1) is 0 Å². The number of ether oxygens (including phenoxy) is 1. The summed E-state index contributed by atoms with van der Waals surface area (Å²) in [5.41, 5.74) is -0.372. The van der Waals surface area contributed by atoms with Crippen molar-refractivity contribution in [3.05, 3.63) is 39.9 Å². The summed E-state index contributed by atoms with van der Waals surface area (Å²) >= 11 is 0. The van der Waals surface area contributed by atoms with E-state index in [1.165, 1.54) is 24.3 Å². The number of rotatable bonds is 4. The van der Waals surface area contributed by atoms with Crippen LogP contribution in [0.2, 0.25) is 0 Å². The van der Waals surface area contributed by atoms with Gasteiger partial charge in [-0.1, -0.05) is 12.1 Å². The monoisotopic (exact) mass is 248 g/mol. The summed E-state index contributed by atoms with van der Waals surface area (Å²) in [5.74, 6) is -3.43. The minimum absolute atomic E-state index is 0.0823. The number of carbonyl (C=O) groups excluding carboxylic acids is 2. The van der Waals surface area contributed by atoms with E-state index >= 15 is 0 Å². The van der Waals surface area contributed by atoms with E-state index in [0.717, 1.165) is 13.2 Å². The van der Waals surface area contributed by atoms with Crippen molar-refractivity contribution < 1.29 is 19.2 Å². The third kappa shape index (κ3) is 2.68. The maximum absolute atomic E-state index is 11.8. The van der Waals surface area contributed by atoms with Crippen LogP contribution in [0.3, 0.4) is 0 Å². The molecular weight excluding hydrogens is 240 g/mol. The average Bonchev–Trinajstić information content (AvgIpc) is 2.39. The molecule has 7 nitrogen and oxygen atoms in total. The Bertz CT molecular complexity index is 547. The number of nitro benzene ring substituents is 1. The highest BCUT2D eigenvalue weighted by Gasteiger charge is 2.29. The average molecular weight is 248 g/mol. The molecular formula is C11H8N2O5. The molecule has 0 radical (unpaired) electrons. The summed E-state index contributed by atoms with van der Waals surface area (Å²) < 4.78 is 4.31. The summed E-state index contributed by atoms with van der Waals surface area (Å²) in [5, 5.41) is 19.3. The predicted molar refractivity (Wildman–Crippen MR) is 58.5 cm³/mol. The molecule has 0 amide bonds. The van der Waals surface area contributed by atoms with Crippen LogP contribution in [-0.4, -0.2) is 23.8 Å². The molecule has 1 aromatic rings. The van der Waals surface area contributed by atoms with Gasteiger partial charge >= 0.3 is 5.97 Å². The van der Waals surface area contributed by atoms with E-state index in [4.69, 9.17) is 5.26 Å². The van der Waals surface area contributed by atoms with Gasteiger partial charge in [0.2, 0.25) is 5.92 Å². The highest BCUT2D eigenvalue weighted by Crippen LogP contribution is 2.16. The zero-order chi connectivity index (χ0) is 13.7. The summed E-state index contributed by atoms with van der Waals surface area (Å²) in [4.78, 5) is 32.9. The maximum atomic E-state index is 11.8. The van der Waals surface area contributed by atoms with Gasteiger partial charge in [-0.05, 0) is 0 Å². The van der Waals surface area contributed by atoms with Crippen LogP contribution < -0.4 is 0 Å². The Kier molecular flexibility index (Phi) is 4.10. The maximum Gasteiger partial charge on any atom is 0.331 e. The Morgan fingerprint density at radius 3 is 2.67 bits per heavy atom. The molecule has 18 heavy (non-hydrogen) atoms. The number of non-ortho nitro benzene ring substituents is 1. The van der Waals surface area contributed by atoms with Gasteiger partial charge in [0.15, 0.2) is 5.78 Å². The number of hydrogen-bond donors (Lipinski definition) is 0. The number of benzene rings is 1. The van der Waals surface area contributed by atoms with Gasteiger partial charge in [-0.3, -0.25) is 19.7 Å². The Morgan fingerprint density at radius 1 is 1.50 bits per heavy atom. The molecule has 0 heterocycles. The van der Waals surface area contributed by atoms with Gasteiger partial charge in [0, 0.05) is 17.7 Å². The van der Waals surface area contributed by atoms with Crippen LogP contribution in [0.4, 0.5) is 5.69 Å². The first-order valence-electron chi connectivity index (χ1n) is 4.77. The number of nitro groups is 1. The van der Waals surface area contributed by atoms with Crippen molar-refractivity contribution in [1.29, 1.82) is 5.26 Å². The number of esters is 1. The smallest absolute Gasteiger partial charge is 0.331 e. The Hall–Kier alpha value is -2.75. The largest absolute Gasteiger partial charge is 0.468 e. The minimum atomic E-state index is -1.61. The van der Waals surface area contributed by atoms with E-state index in [2.05, 4.69) is 4.74 Å².